The first kappa shape index (κ1) is 20.3. The van der Waals surface area contributed by atoms with E-state index in [1.54, 1.807) is 0 Å². The van der Waals surface area contributed by atoms with Crippen LogP contribution in [0.1, 0.15) is 31.9 Å². The molecule has 0 aromatic heterocycles. The lowest BCUT2D eigenvalue weighted by Crippen LogP contribution is -2.55. The molecule has 2 aromatic rings. The molecule has 26 heavy (non-hydrogen) atoms. The first-order chi connectivity index (χ1) is 12.0. The Labute approximate surface area is 161 Å². The minimum atomic E-state index is -0.645. The molecule has 0 radical (unpaired) electrons. The van der Waals surface area contributed by atoms with Crippen LogP contribution in [0.15, 0.2) is 60.7 Å². The Bertz CT molecular complexity index is 706. The van der Waals surface area contributed by atoms with E-state index in [1.807, 2.05) is 65.6 Å². The molecular weight excluding hydrogens is 348 g/mol. The van der Waals surface area contributed by atoms with E-state index in [0.717, 1.165) is 12.0 Å². The highest BCUT2D eigenvalue weighted by Crippen LogP contribution is 2.31. The normalized spacial score (nSPS) is 20.0. The fraction of sp³-hybridized carbons (Fsp3) is 0.381. The number of hydrogen-bond acceptors (Lipinski definition) is 3. The van der Waals surface area contributed by atoms with Gasteiger partial charge in [0.2, 0.25) is 6.10 Å². The highest BCUT2D eigenvalue weighted by atomic mass is 35.5. The number of para-hydroxylation sites is 1. The van der Waals surface area contributed by atoms with Crippen molar-refractivity contribution in [2.24, 2.45) is 11.1 Å². The number of amides is 1. The number of halogens is 1. The van der Waals surface area contributed by atoms with Crippen LogP contribution in [-0.2, 0) is 4.79 Å². The fourth-order valence-corrected chi connectivity index (χ4v) is 3.25. The van der Waals surface area contributed by atoms with Gasteiger partial charge in [-0.3, -0.25) is 4.79 Å². The van der Waals surface area contributed by atoms with Crippen molar-refractivity contribution in [3.8, 4) is 5.75 Å². The predicted molar refractivity (Wildman–Crippen MR) is 106 cm³/mol. The molecule has 2 aromatic carbocycles. The number of ether oxygens (including phenoxy) is 1. The fourth-order valence-electron chi connectivity index (χ4n) is 3.25. The van der Waals surface area contributed by atoms with Crippen molar-refractivity contribution in [1.29, 1.82) is 0 Å². The lowest BCUT2D eigenvalue weighted by atomic mass is 9.79. The van der Waals surface area contributed by atoms with Crippen LogP contribution in [0.25, 0.3) is 0 Å². The molecule has 2 unspecified atom stereocenters. The second kappa shape index (κ2) is 8.56. The summed E-state index contributed by atoms with van der Waals surface area (Å²) in [6.07, 6.45) is 0.166. The maximum Gasteiger partial charge on any atom is 0.268 e. The van der Waals surface area contributed by atoms with Crippen LogP contribution >= 0.6 is 12.4 Å². The molecule has 0 spiro atoms. The summed E-state index contributed by atoms with van der Waals surface area (Å²) in [7, 11) is 0. The average molecular weight is 375 g/mol. The van der Waals surface area contributed by atoms with Gasteiger partial charge in [0.05, 0.1) is 0 Å². The van der Waals surface area contributed by atoms with E-state index in [-0.39, 0.29) is 29.8 Å². The molecule has 5 heteroatoms. The number of benzene rings is 2. The van der Waals surface area contributed by atoms with Gasteiger partial charge in [0.1, 0.15) is 5.75 Å². The second-order valence-corrected chi connectivity index (χ2v) is 7.37. The first-order valence-corrected chi connectivity index (χ1v) is 8.78. The van der Waals surface area contributed by atoms with Crippen molar-refractivity contribution in [2.75, 3.05) is 13.1 Å². The van der Waals surface area contributed by atoms with E-state index < -0.39 is 6.10 Å². The van der Waals surface area contributed by atoms with Gasteiger partial charge in [0.15, 0.2) is 0 Å². The smallest absolute Gasteiger partial charge is 0.268 e. The van der Waals surface area contributed by atoms with Gasteiger partial charge in [-0.15, -0.1) is 12.4 Å². The van der Waals surface area contributed by atoms with Crippen LogP contribution < -0.4 is 10.5 Å². The molecule has 1 fully saturated rings. The molecule has 1 saturated heterocycles. The Kier molecular flexibility index (Phi) is 6.68. The molecule has 0 bridgehead atoms. The zero-order chi connectivity index (χ0) is 17.9. The van der Waals surface area contributed by atoms with Crippen molar-refractivity contribution in [2.45, 2.75) is 32.4 Å². The molecule has 4 nitrogen and oxygen atoms in total. The monoisotopic (exact) mass is 374 g/mol. The Balaban J connectivity index is 0.00000243. The molecule has 1 heterocycles. The van der Waals surface area contributed by atoms with Crippen LogP contribution in [-0.4, -0.2) is 29.9 Å². The lowest BCUT2D eigenvalue weighted by molar-refractivity contribution is -0.142. The van der Waals surface area contributed by atoms with Gasteiger partial charge < -0.3 is 15.4 Å². The quantitative estimate of drug-likeness (QED) is 0.885. The van der Waals surface area contributed by atoms with Gasteiger partial charge in [-0.05, 0) is 24.0 Å². The highest BCUT2D eigenvalue weighted by Gasteiger charge is 2.38. The van der Waals surface area contributed by atoms with E-state index in [4.69, 9.17) is 10.5 Å². The molecule has 3 rings (SSSR count). The predicted octanol–water partition coefficient (Wildman–Crippen LogP) is 3.81. The molecule has 0 saturated carbocycles. The standard InChI is InChI=1S/C21H26N2O2.ClH/c1-21(2)15-23(14-13-18(21)22)20(24)19(16-9-5-3-6-10-16)25-17-11-7-4-8-12-17;/h3-12,18-19H,13-15,22H2,1-2H3;1H. The van der Waals surface area contributed by atoms with Crippen LogP contribution in [0.4, 0.5) is 0 Å². The molecule has 0 aliphatic carbocycles. The van der Waals surface area contributed by atoms with Crippen molar-refractivity contribution in [3.05, 3.63) is 66.2 Å². The Hall–Kier alpha value is -2.04. The van der Waals surface area contributed by atoms with E-state index in [1.165, 1.54) is 0 Å². The van der Waals surface area contributed by atoms with Gasteiger partial charge >= 0.3 is 0 Å². The molecule has 2 N–H and O–H groups in total. The summed E-state index contributed by atoms with van der Waals surface area (Å²) in [6.45, 7) is 5.55. The van der Waals surface area contributed by atoms with Gasteiger partial charge in [-0.25, -0.2) is 0 Å². The third kappa shape index (κ3) is 4.57. The SMILES string of the molecule is CC1(C)CN(C(=O)C(Oc2ccccc2)c2ccccc2)CCC1N.Cl. The third-order valence-corrected chi connectivity index (χ3v) is 4.95. The summed E-state index contributed by atoms with van der Waals surface area (Å²) in [5.74, 6) is 0.688. The van der Waals surface area contributed by atoms with Gasteiger partial charge in [-0.2, -0.15) is 0 Å². The van der Waals surface area contributed by atoms with Gasteiger partial charge in [0.25, 0.3) is 5.91 Å². The van der Waals surface area contributed by atoms with E-state index >= 15 is 0 Å². The zero-order valence-corrected chi connectivity index (χ0v) is 16.1. The molecule has 1 amide bonds. The van der Waals surface area contributed by atoms with Crippen molar-refractivity contribution >= 4 is 18.3 Å². The number of hydrogen-bond donors (Lipinski definition) is 1. The second-order valence-electron chi connectivity index (χ2n) is 7.37. The number of likely N-dealkylation sites (tertiary alicyclic amines) is 1. The Morgan fingerprint density at radius 1 is 1.12 bits per heavy atom. The summed E-state index contributed by atoms with van der Waals surface area (Å²) >= 11 is 0. The summed E-state index contributed by atoms with van der Waals surface area (Å²) in [5, 5.41) is 0. The van der Waals surface area contributed by atoms with Crippen molar-refractivity contribution < 1.29 is 9.53 Å². The summed E-state index contributed by atoms with van der Waals surface area (Å²) < 4.78 is 6.09. The topological polar surface area (TPSA) is 55.6 Å². The van der Waals surface area contributed by atoms with Gasteiger partial charge in [0, 0.05) is 24.7 Å². The van der Waals surface area contributed by atoms with Crippen LogP contribution in [0, 0.1) is 5.41 Å². The van der Waals surface area contributed by atoms with E-state index in [9.17, 15) is 4.79 Å². The van der Waals surface area contributed by atoms with Crippen LogP contribution in [0.2, 0.25) is 0 Å². The Morgan fingerprint density at radius 3 is 2.27 bits per heavy atom. The van der Waals surface area contributed by atoms with E-state index in [2.05, 4.69) is 13.8 Å². The average Bonchev–Trinajstić information content (AvgIpc) is 2.63. The Morgan fingerprint density at radius 2 is 1.69 bits per heavy atom. The molecule has 140 valence electrons. The molecule has 2 atom stereocenters. The molecule has 1 aliphatic heterocycles. The zero-order valence-electron chi connectivity index (χ0n) is 15.3. The number of piperidine rings is 1. The van der Waals surface area contributed by atoms with Crippen LogP contribution in [0.5, 0.6) is 5.75 Å². The number of nitrogens with zero attached hydrogens (tertiary/aromatic N) is 1. The van der Waals surface area contributed by atoms with Crippen LogP contribution in [0.3, 0.4) is 0 Å². The van der Waals surface area contributed by atoms with E-state index in [0.29, 0.717) is 18.8 Å². The van der Waals surface area contributed by atoms with Crippen molar-refractivity contribution in [3.63, 3.8) is 0 Å². The summed E-state index contributed by atoms with van der Waals surface area (Å²) in [4.78, 5) is 15.2. The third-order valence-electron chi connectivity index (χ3n) is 4.95. The summed E-state index contributed by atoms with van der Waals surface area (Å²) in [6, 6.07) is 19.3. The number of carbonyl (C=O) groups excluding carboxylic acids is 1. The number of nitrogens with two attached hydrogens (primary N) is 1. The van der Waals surface area contributed by atoms with Crippen molar-refractivity contribution in [1.82, 2.24) is 4.90 Å². The largest absolute Gasteiger partial charge is 0.476 e. The molecule has 1 aliphatic rings. The molecular formula is C21H27ClN2O2. The maximum absolute atomic E-state index is 13.3. The number of carbonyl (C=O) groups is 1. The highest BCUT2D eigenvalue weighted by molar-refractivity contribution is 5.85. The first-order valence-electron chi connectivity index (χ1n) is 8.78. The maximum atomic E-state index is 13.3. The minimum Gasteiger partial charge on any atom is -0.476 e. The summed E-state index contributed by atoms with van der Waals surface area (Å²) in [5.41, 5.74) is 6.99. The van der Waals surface area contributed by atoms with Gasteiger partial charge in [-0.1, -0.05) is 62.4 Å². The lowest BCUT2D eigenvalue weighted by Gasteiger charge is -2.43. The minimum absolute atomic E-state index is 0. The number of rotatable bonds is 4.